The molecule has 104 valence electrons. The van der Waals surface area contributed by atoms with Crippen LogP contribution in [0.3, 0.4) is 0 Å². The molecule has 0 atom stereocenters. The largest absolute Gasteiger partial charge is 0.484 e. The van der Waals surface area contributed by atoms with E-state index in [-0.39, 0.29) is 12.5 Å². The molecule has 5 nitrogen and oxygen atoms in total. The van der Waals surface area contributed by atoms with Gasteiger partial charge >= 0.3 is 0 Å². The summed E-state index contributed by atoms with van der Waals surface area (Å²) >= 11 is 0. The maximum atomic E-state index is 11.8. The lowest BCUT2D eigenvalue weighted by atomic mass is 9.91. The summed E-state index contributed by atoms with van der Waals surface area (Å²) in [5.74, 6) is 0.554. The van der Waals surface area contributed by atoms with Gasteiger partial charge in [-0.3, -0.25) is 4.79 Å². The highest BCUT2D eigenvalue weighted by molar-refractivity contribution is 5.79. The lowest BCUT2D eigenvalue weighted by Gasteiger charge is -2.45. The zero-order valence-electron chi connectivity index (χ0n) is 11.1. The molecule has 1 aromatic rings. The van der Waals surface area contributed by atoms with Crippen LogP contribution in [-0.4, -0.2) is 41.2 Å². The maximum Gasteiger partial charge on any atom is 0.260 e. The number of carbonyl (C=O) groups excluding carboxylic acids is 1. The van der Waals surface area contributed by atoms with Gasteiger partial charge in [0.1, 0.15) is 5.75 Å². The molecule has 1 fully saturated rings. The number of nitrogens with zero attached hydrogens (tertiary/aromatic N) is 1. The Balaban J connectivity index is 1.78. The number of hydrogen-bond acceptors (Lipinski definition) is 4. The minimum Gasteiger partial charge on any atom is -0.484 e. The van der Waals surface area contributed by atoms with Crippen molar-refractivity contribution in [1.29, 1.82) is 0 Å². The fraction of sp³-hybridized carbons (Fsp3) is 0.500. The van der Waals surface area contributed by atoms with Crippen LogP contribution in [0.25, 0.3) is 0 Å². The van der Waals surface area contributed by atoms with E-state index in [0.717, 1.165) is 5.56 Å². The van der Waals surface area contributed by atoms with Crippen LogP contribution in [0, 0.1) is 0 Å². The second-order valence-corrected chi connectivity index (χ2v) is 4.96. The first kappa shape index (κ1) is 13.8. The summed E-state index contributed by atoms with van der Waals surface area (Å²) in [4.78, 5) is 13.4. The Morgan fingerprint density at radius 2 is 2.05 bits per heavy atom. The first-order valence-corrected chi connectivity index (χ1v) is 6.48. The highest BCUT2D eigenvalue weighted by Crippen LogP contribution is 2.24. The Bertz CT molecular complexity index is 439. The van der Waals surface area contributed by atoms with E-state index in [1.807, 2.05) is 19.1 Å². The van der Waals surface area contributed by atoms with Gasteiger partial charge in [-0.15, -0.1) is 0 Å². The first-order valence-electron chi connectivity index (χ1n) is 6.48. The van der Waals surface area contributed by atoms with Crippen LogP contribution < -0.4 is 10.5 Å². The van der Waals surface area contributed by atoms with Crippen molar-refractivity contribution in [2.75, 3.05) is 19.7 Å². The Labute approximate surface area is 113 Å². The van der Waals surface area contributed by atoms with Gasteiger partial charge in [-0.2, -0.15) is 0 Å². The van der Waals surface area contributed by atoms with Gasteiger partial charge in [0.05, 0.1) is 18.7 Å². The minimum absolute atomic E-state index is 0.00175. The third-order valence-electron chi connectivity index (χ3n) is 3.50. The number of hydrogen-bond donors (Lipinski definition) is 2. The highest BCUT2D eigenvalue weighted by Gasteiger charge is 2.41. The maximum absolute atomic E-state index is 11.8. The fourth-order valence-corrected chi connectivity index (χ4v) is 2.02. The normalized spacial score (nSPS) is 16.9. The Kier molecular flexibility index (Phi) is 4.07. The van der Waals surface area contributed by atoms with Crippen molar-refractivity contribution in [1.82, 2.24) is 4.90 Å². The van der Waals surface area contributed by atoms with Gasteiger partial charge < -0.3 is 20.5 Å². The number of benzene rings is 1. The number of aliphatic hydroxyl groups is 1. The molecular weight excluding hydrogens is 244 g/mol. The number of rotatable bonds is 5. The van der Waals surface area contributed by atoms with Crippen molar-refractivity contribution in [2.45, 2.75) is 25.5 Å². The summed E-state index contributed by atoms with van der Waals surface area (Å²) in [7, 11) is 0. The molecule has 0 spiro atoms. The number of likely N-dealkylation sites (tertiary alicyclic amines) is 1. The Morgan fingerprint density at radius 3 is 2.58 bits per heavy atom. The van der Waals surface area contributed by atoms with Gasteiger partial charge in [0.15, 0.2) is 6.61 Å². The molecular formula is C14H20N2O3. The van der Waals surface area contributed by atoms with Gasteiger partial charge in [0.25, 0.3) is 5.91 Å². The third-order valence-corrected chi connectivity index (χ3v) is 3.50. The molecule has 1 saturated heterocycles. The molecule has 1 aromatic carbocycles. The van der Waals surface area contributed by atoms with E-state index in [1.54, 1.807) is 17.0 Å². The van der Waals surface area contributed by atoms with Crippen LogP contribution in [0.15, 0.2) is 24.3 Å². The smallest absolute Gasteiger partial charge is 0.260 e. The van der Waals surface area contributed by atoms with Crippen LogP contribution in [0.4, 0.5) is 0 Å². The van der Waals surface area contributed by atoms with Crippen LogP contribution in [0.1, 0.15) is 18.9 Å². The lowest BCUT2D eigenvalue weighted by Crippen LogP contribution is -2.63. The molecule has 19 heavy (non-hydrogen) atoms. The van der Waals surface area contributed by atoms with E-state index in [9.17, 15) is 9.90 Å². The van der Waals surface area contributed by atoms with E-state index < -0.39 is 5.60 Å². The quantitative estimate of drug-likeness (QED) is 0.812. The van der Waals surface area contributed by atoms with E-state index in [2.05, 4.69) is 0 Å². The SMILES string of the molecule is CCC1(O)CN(C(=O)COc2ccc(CN)cc2)C1. The number of β-amino-alcohol motifs (C(OH)–C–C–N with tert-alkyl or cyclic N) is 1. The molecule has 1 aliphatic heterocycles. The van der Waals surface area contributed by atoms with Crippen LogP contribution in [0.2, 0.25) is 0 Å². The predicted octanol–water partition coefficient (Wildman–Crippen LogP) is 0.507. The molecule has 0 aliphatic carbocycles. The molecule has 0 aromatic heterocycles. The summed E-state index contributed by atoms with van der Waals surface area (Å²) < 4.78 is 5.41. The van der Waals surface area contributed by atoms with Gasteiger partial charge in [0, 0.05) is 6.54 Å². The van der Waals surface area contributed by atoms with Gasteiger partial charge in [-0.1, -0.05) is 19.1 Å². The Morgan fingerprint density at radius 1 is 1.42 bits per heavy atom. The number of nitrogens with two attached hydrogens (primary N) is 1. The molecule has 5 heteroatoms. The molecule has 2 rings (SSSR count). The van der Waals surface area contributed by atoms with Crippen molar-refractivity contribution in [3.05, 3.63) is 29.8 Å². The number of ether oxygens (including phenoxy) is 1. The van der Waals surface area contributed by atoms with Crippen LogP contribution in [-0.2, 0) is 11.3 Å². The van der Waals surface area contributed by atoms with Gasteiger partial charge in [0.2, 0.25) is 0 Å². The van der Waals surface area contributed by atoms with Crippen LogP contribution in [0.5, 0.6) is 5.75 Å². The zero-order valence-corrected chi connectivity index (χ0v) is 11.1. The lowest BCUT2D eigenvalue weighted by molar-refractivity contribution is -0.157. The topological polar surface area (TPSA) is 75.8 Å². The average molecular weight is 264 g/mol. The van der Waals surface area contributed by atoms with Gasteiger partial charge in [-0.05, 0) is 24.1 Å². The van der Waals surface area contributed by atoms with Gasteiger partial charge in [-0.25, -0.2) is 0 Å². The first-order chi connectivity index (χ1) is 9.06. The molecule has 0 saturated carbocycles. The van der Waals surface area contributed by atoms with Crippen molar-refractivity contribution in [2.24, 2.45) is 5.73 Å². The molecule has 3 N–H and O–H groups in total. The number of amides is 1. The van der Waals surface area contributed by atoms with E-state index in [4.69, 9.17) is 10.5 Å². The summed E-state index contributed by atoms with van der Waals surface area (Å²) in [5.41, 5.74) is 5.83. The average Bonchev–Trinajstić information content (AvgIpc) is 2.41. The second-order valence-electron chi connectivity index (χ2n) is 4.96. The minimum atomic E-state index is -0.696. The number of carbonyl (C=O) groups is 1. The zero-order chi connectivity index (χ0) is 13.9. The predicted molar refractivity (Wildman–Crippen MR) is 71.6 cm³/mol. The Hall–Kier alpha value is -1.59. The molecule has 1 amide bonds. The van der Waals surface area contributed by atoms with E-state index in [1.165, 1.54) is 0 Å². The summed E-state index contributed by atoms with van der Waals surface area (Å²) in [5, 5.41) is 9.83. The summed E-state index contributed by atoms with van der Waals surface area (Å²) in [6, 6.07) is 7.35. The van der Waals surface area contributed by atoms with Crippen molar-refractivity contribution < 1.29 is 14.6 Å². The van der Waals surface area contributed by atoms with Crippen molar-refractivity contribution in [3.63, 3.8) is 0 Å². The molecule has 0 radical (unpaired) electrons. The summed E-state index contributed by atoms with van der Waals surface area (Å²) in [6.45, 7) is 3.21. The molecule has 1 heterocycles. The molecule has 0 unspecified atom stereocenters. The van der Waals surface area contributed by atoms with Crippen LogP contribution >= 0.6 is 0 Å². The molecule has 0 bridgehead atoms. The van der Waals surface area contributed by atoms with Crippen molar-refractivity contribution in [3.8, 4) is 5.75 Å². The third kappa shape index (κ3) is 3.24. The van der Waals surface area contributed by atoms with E-state index >= 15 is 0 Å². The van der Waals surface area contributed by atoms with E-state index in [0.29, 0.717) is 31.8 Å². The molecule has 1 aliphatic rings. The highest BCUT2D eigenvalue weighted by atomic mass is 16.5. The van der Waals surface area contributed by atoms with Crippen molar-refractivity contribution >= 4 is 5.91 Å². The standard InChI is InChI=1S/C14H20N2O3/c1-2-14(18)9-16(10-14)13(17)8-19-12-5-3-11(7-15)4-6-12/h3-6,18H,2,7-10,15H2,1H3. The summed E-state index contributed by atoms with van der Waals surface area (Å²) in [6.07, 6.45) is 0.665. The second kappa shape index (κ2) is 5.59. The monoisotopic (exact) mass is 264 g/mol. The fourth-order valence-electron chi connectivity index (χ4n) is 2.02.